The van der Waals surface area contributed by atoms with Gasteiger partial charge < -0.3 is 11.1 Å². The highest BCUT2D eigenvalue weighted by molar-refractivity contribution is 5.55. The van der Waals surface area contributed by atoms with Crippen LogP contribution in [0.4, 0.5) is 11.6 Å². The van der Waals surface area contributed by atoms with E-state index in [-0.39, 0.29) is 0 Å². The Balaban J connectivity index is 2.16. The van der Waals surface area contributed by atoms with Gasteiger partial charge in [0.1, 0.15) is 18.0 Å². The number of nitrogens with two attached hydrogens (primary N) is 1. The largest absolute Gasteiger partial charge is 0.383 e. The zero-order chi connectivity index (χ0) is 13.7. The van der Waals surface area contributed by atoms with Crippen molar-refractivity contribution >= 4 is 11.6 Å². The Labute approximate surface area is 113 Å². The summed E-state index contributed by atoms with van der Waals surface area (Å²) in [6, 6.07) is 3.98. The molecule has 5 heteroatoms. The Kier molecular flexibility index (Phi) is 4.28. The number of nitrogens with zero attached hydrogens (tertiary/aromatic N) is 3. The molecule has 0 saturated carbocycles. The SMILES string of the molecule is CCCc1c(N)ncnc1NCc1ncccc1C. The molecule has 0 spiro atoms. The van der Waals surface area contributed by atoms with E-state index in [1.54, 1.807) is 6.20 Å². The number of nitrogens with one attached hydrogen (secondary N) is 1. The van der Waals surface area contributed by atoms with Crippen molar-refractivity contribution < 1.29 is 0 Å². The minimum Gasteiger partial charge on any atom is -0.383 e. The molecule has 3 N–H and O–H groups in total. The van der Waals surface area contributed by atoms with Crippen LogP contribution in [0.5, 0.6) is 0 Å². The average molecular weight is 257 g/mol. The lowest BCUT2D eigenvalue weighted by Gasteiger charge is -2.12. The van der Waals surface area contributed by atoms with Crippen molar-refractivity contribution in [3.05, 3.63) is 41.5 Å². The first-order valence-electron chi connectivity index (χ1n) is 6.46. The van der Waals surface area contributed by atoms with E-state index in [9.17, 15) is 0 Å². The summed E-state index contributed by atoms with van der Waals surface area (Å²) >= 11 is 0. The Morgan fingerprint density at radius 2 is 2.11 bits per heavy atom. The summed E-state index contributed by atoms with van der Waals surface area (Å²) in [4.78, 5) is 12.7. The zero-order valence-corrected chi connectivity index (χ0v) is 11.3. The van der Waals surface area contributed by atoms with Gasteiger partial charge >= 0.3 is 0 Å². The Hall–Kier alpha value is -2.17. The number of aromatic nitrogens is 3. The number of hydrogen-bond donors (Lipinski definition) is 2. The molecule has 2 aromatic rings. The fourth-order valence-electron chi connectivity index (χ4n) is 1.95. The molecule has 2 aromatic heterocycles. The number of aryl methyl sites for hydroxylation is 1. The van der Waals surface area contributed by atoms with Gasteiger partial charge in [-0.15, -0.1) is 0 Å². The van der Waals surface area contributed by atoms with E-state index in [1.807, 2.05) is 19.1 Å². The second-order valence-electron chi connectivity index (χ2n) is 4.46. The predicted octanol–water partition coefficient (Wildman–Crippen LogP) is 2.33. The molecule has 0 radical (unpaired) electrons. The van der Waals surface area contributed by atoms with Crippen LogP contribution in [-0.2, 0) is 13.0 Å². The molecule has 2 rings (SSSR count). The molecule has 5 nitrogen and oxygen atoms in total. The van der Waals surface area contributed by atoms with Crippen LogP contribution in [0.15, 0.2) is 24.7 Å². The monoisotopic (exact) mass is 257 g/mol. The third kappa shape index (κ3) is 3.19. The summed E-state index contributed by atoms with van der Waals surface area (Å²) in [5, 5.41) is 3.30. The Morgan fingerprint density at radius 1 is 1.26 bits per heavy atom. The van der Waals surface area contributed by atoms with Crippen LogP contribution in [0.3, 0.4) is 0 Å². The fourth-order valence-corrected chi connectivity index (χ4v) is 1.95. The van der Waals surface area contributed by atoms with E-state index in [2.05, 4.69) is 27.2 Å². The van der Waals surface area contributed by atoms with Gasteiger partial charge in [-0.05, 0) is 25.0 Å². The van der Waals surface area contributed by atoms with Crippen molar-refractivity contribution in [1.29, 1.82) is 0 Å². The van der Waals surface area contributed by atoms with Crippen LogP contribution in [0.25, 0.3) is 0 Å². The lowest BCUT2D eigenvalue weighted by molar-refractivity contribution is 0.897. The fraction of sp³-hybridized carbons (Fsp3) is 0.357. The van der Waals surface area contributed by atoms with Crippen molar-refractivity contribution in [3.8, 4) is 0 Å². The minimum atomic E-state index is 0.553. The van der Waals surface area contributed by atoms with Crippen molar-refractivity contribution in [2.24, 2.45) is 0 Å². The highest BCUT2D eigenvalue weighted by atomic mass is 15.0. The molecule has 0 aliphatic rings. The molecule has 0 aliphatic heterocycles. The van der Waals surface area contributed by atoms with Crippen LogP contribution in [0, 0.1) is 6.92 Å². The number of anilines is 2. The number of hydrogen-bond acceptors (Lipinski definition) is 5. The molecule has 0 saturated heterocycles. The van der Waals surface area contributed by atoms with Gasteiger partial charge in [-0.3, -0.25) is 4.98 Å². The van der Waals surface area contributed by atoms with Crippen molar-refractivity contribution in [3.63, 3.8) is 0 Å². The Bertz CT molecular complexity index is 553. The van der Waals surface area contributed by atoms with Gasteiger partial charge in [0, 0.05) is 11.8 Å². The molecular weight excluding hydrogens is 238 g/mol. The number of nitrogen functional groups attached to an aromatic ring is 1. The van der Waals surface area contributed by atoms with E-state index in [0.29, 0.717) is 12.4 Å². The van der Waals surface area contributed by atoms with Gasteiger partial charge in [-0.2, -0.15) is 0 Å². The molecule has 0 bridgehead atoms. The molecule has 0 aromatic carbocycles. The van der Waals surface area contributed by atoms with E-state index < -0.39 is 0 Å². The van der Waals surface area contributed by atoms with Crippen LogP contribution >= 0.6 is 0 Å². The molecule has 0 atom stereocenters. The summed E-state index contributed by atoms with van der Waals surface area (Å²) < 4.78 is 0. The van der Waals surface area contributed by atoms with Gasteiger partial charge in [0.05, 0.1) is 12.2 Å². The number of pyridine rings is 1. The molecular formula is C14H19N5. The van der Waals surface area contributed by atoms with Gasteiger partial charge in [0.2, 0.25) is 0 Å². The molecule has 0 fully saturated rings. The second kappa shape index (κ2) is 6.13. The zero-order valence-electron chi connectivity index (χ0n) is 11.3. The van der Waals surface area contributed by atoms with Crippen LogP contribution in [0.2, 0.25) is 0 Å². The predicted molar refractivity (Wildman–Crippen MR) is 76.7 cm³/mol. The lowest BCUT2D eigenvalue weighted by Crippen LogP contribution is -2.09. The van der Waals surface area contributed by atoms with Crippen molar-refractivity contribution in [1.82, 2.24) is 15.0 Å². The summed E-state index contributed by atoms with van der Waals surface area (Å²) in [5.41, 5.74) is 9.06. The van der Waals surface area contributed by atoms with Crippen molar-refractivity contribution in [2.45, 2.75) is 33.2 Å². The molecule has 0 unspecified atom stereocenters. The quantitative estimate of drug-likeness (QED) is 0.859. The van der Waals surface area contributed by atoms with Crippen molar-refractivity contribution in [2.75, 3.05) is 11.1 Å². The maximum atomic E-state index is 5.90. The maximum Gasteiger partial charge on any atom is 0.135 e. The summed E-state index contributed by atoms with van der Waals surface area (Å²) in [6.45, 7) is 4.80. The van der Waals surface area contributed by atoms with Gasteiger partial charge in [0.25, 0.3) is 0 Å². The third-order valence-electron chi connectivity index (χ3n) is 3.02. The highest BCUT2D eigenvalue weighted by Gasteiger charge is 2.08. The van der Waals surface area contributed by atoms with Crippen LogP contribution < -0.4 is 11.1 Å². The summed E-state index contributed by atoms with van der Waals surface area (Å²) in [5.74, 6) is 1.36. The topological polar surface area (TPSA) is 76.7 Å². The van der Waals surface area contributed by atoms with Gasteiger partial charge in [-0.1, -0.05) is 19.4 Å². The molecule has 0 aliphatic carbocycles. The van der Waals surface area contributed by atoms with Gasteiger partial charge in [-0.25, -0.2) is 9.97 Å². The van der Waals surface area contributed by atoms with E-state index in [4.69, 9.17) is 5.73 Å². The van der Waals surface area contributed by atoms with E-state index in [0.717, 1.165) is 35.5 Å². The first kappa shape index (κ1) is 13.3. The third-order valence-corrected chi connectivity index (χ3v) is 3.02. The second-order valence-corrected chi connectivity index (χ2v) is 4.46. The normalized spacial score (nSPS) is 10.4. The highest BCUT2D eigenvalue weighted by Crippen LogP contribution is 2.19. The van der Waals surface area contributed by atoms with E-state index in [1.165, 1.54) is 6.33 Å². The van der Waals surface area contributed by atoms with Gasteiger partial charge in [0.15, 0.2) is 0 Å². The molecule has 2 heterocycles. The molecule has 100 valence electrons. The minimum absolute atomic E-state index is 0.553. The lowest BCUT2D eigenvalue weighted by atomic mass is 10.1. The smallest absolute Gasteiger partial charge is 0.135 e. The van der Waals surface area contributed by atoms with Crippen LogP contribution in [-0.4, -0.2) is 15.0 Å². The molecule has 0 amide bonds. The Morgan fingerprint density at radius 3 is 2.84 bits per heavy atom. The standard InChI is InChI=1S/C14H19N5/c1-3-5-11-13(15)18-9-19-14(11)17-8-12-10(2)6-4-7-16-12/h4,6-7,9H,3,5,8H2,1-2H3,(H3,15,17,18,19). The van der Waals surface area contributed by atoms with Crippen LogP contribution in [0.1, 0.15) is 30.2 Å². The summed E-state index contributed by atoms with van der Waals surface area (Å²) in [7, 11) is 0. The van der Waals surface area contributed by atoms with E-state index >= 15 is 0 Å². The first-order valence-corrected chi connectivity index (χ1v) is 6.46. The number of rotatable bonds is 5. The average Bonchev–Trinajstić information content (AvgIpc) is 2.41. The maximum absolute atomic E-state index is 5.90. The first-order chi connectivity index (χ1) is 9.22. The summed E-state index contributed by atoms with van der Waals surface area (Å²) in [6.07, 6.45) is 5.17. The molecule has 19 heavy (non-hydrogen) atoms.